The monoisotopic (exact) mass is 435 g/mol. The fraction of sp³-hybridized carbons (Fsp3) is 0.625. The number of carbonyl (C=O) groups excluding carboxylic acids is 3. The first-order valence-corrected chi connectivity index (χ1v) is 11.2. The second-order valence-corrected chi connectivity index (χ2v) is 7.43. The van der Waals surface area contributed by atoms with Gasteiger partial charge in [0, 0.05) is 6.92 Å². The number of benzene rings is 1. The molecule has 1 rings (SSSR count). The van der Waals surface area contributed by atoms with Gasteiger partial charge in [-0.3, -0.25) is 4.79 Å². The van der Waals surface area contributed by atoms with Gasteiger partial charge in [0.2, 0.25) is 11.4 Å². The molecule has 1 N–H and O–H groups in total. The number of unbranched alkanes of at least 4 members (excludes halogenated alkanes) is 4. The first-order chi connectivity index (χ1) is 14.9. The highest BCUT2D eigenvalue weighted by Gasteiger charge is 2.49. The number of rotatable bonds is 15. The number of nitrogens with one attached hydrogen (secondary N) is 1. The fourth-order valence-corrected chi connectivity index (χ4v) is 3.24. The standard InChI is InChI=1S/C24H37NO6/c1-5-8-9-10-11-18-31-21-14-12-20(13-15-21)16-17-24(25-19(4)26,22(27)29-6-2)23(28)30-7-3/h12-15H,5-11,16-18H2,1-4H3,(H,25,26). The molecule has 1 aromatic carbocycles. The average molecular weight is 436 g/mol. The van der Waals surface area contributed by atoms with Crippen molar-refractivity contribution in [3.63, 3.8) is 0 Å². The van der Waals surface area contributed by atoms with Crippen LogP contribution in [0.3, 0.4) is 0 Å². The van der Waals surface area contributed by atoms with Crippen LogP contribution in [0.1, 0.15) is 71.8 Å². The maximum Gasteiger partial charge on any atom is 0.343 e. The second-order valence-electron chi connectivity index (χ2n) is 7.43. The third-order valence-corrected chi connectivity index (χ3v) is 4.87. The van der Waals surface area contributed by atoms with Crippen LogP contribution in [0.15, 0.2) is 24.3 Å². The lowest BCUT2D eigenvalue weighted by atomic mass is 9.90. The molecule has 0 aliphatic rings. The summed E-state index contributed by atoms with van der Waals surface area (Å²) in [6.45, 7) is 7.59. The highest BCUT2D eigenvalue weighted by molar-refractivity contribution is 6.07. The zero-order valence-electron chi connectivity index (χ0n) is 19.3. The van der Waals surface area contributed by atoms with Crippen molar-refractivity contribution in [2.45, 2.75) is 78.2 Å². The van der Waals surface area contributed by atoms with E-state index in [1.807, 2.05) is 24.3 Å². The van der Waals surface area contributed by atoms with Crippen LogP contribution in [-0.4, -0.2) is 43.2 Å². The summed E-state index contributed by atoms with van der Waals surface area (Å²) in [5.41, 5.74) is -0.968. The summed E-state index contributed by atoms with van der Waals surface area (Å²) >= 11 is 0. The van der Waals surface area contributed by atoms with E-state index in [4.69, 9.17) is 14.2 Å². The summed E-state index contributed by atoms with van der Waals surface area (Å²) in [6, 6.07) is 7.52. The molecule has 0 saturated heterocycles. The van der Waals surface area contributed by atoms with Gasteiger partial charge >= 0.3 is 11.9 Å². The molecule has 0 radical (unpaired) electrons. The molecule has 174 valence electrons. The van der Waals surface area contributed by atoms with Crippen LogP contribution in [0.4, 0.5) is 0 Å². The normalized spacial score (nSPS) is 11.0. The molecule has 0 bridgehead atoms. The van der Waals surface area contributed by atoms with Gasteiger partial charge in [-0.15, -0.1) is 0 Å². The highest BCUT2D eigenvalue weighted by Crippen LogP contribution is 2.21. The van der Waals surface area contributed by atoms with E-state index in [9.17, 15) is 14.4 Å². The van der Waals surface area contributed by atoms with Crippen LogP contribution >= 0.6 is 0 Å². The number of carbonyl (C=O) groups is 3. The Morgan fingerprint density at radius 3 is 1.97 bits per heavy atom. The molecule has 7 heteroatoms. The van der Waals surface area contributed by atoms with Crippen molar-refractivity contribution in [3.05, 3.63) is 29.8 Å². The minimum atomic E-state index is -1.87. The van der Waals surface area contributed by atoms with E-state index in [0.29, 0.717) is 13.0 Å². The van der Waals surface area contributed by atoms with Crippen LogP contribution in [0.2, 0.25) is 0 Å². The average Bonchev–Trinajstić information content (AvgIpc) is 2.74. The Kier molecular flexibility index (Phi) is 12.3. The van der Waals surface area contributed by atoms with E-state index in [2.05, 4.69) is 12.2 Å². The maximum atomic E-state index is 12.6. The summed E-state index contributed by atoms with van der Waals surface area (Å²) in [4.78, 5) is 37.1. The van der Waals surface area contributed by atoms with E-state index in [1.54, 1.807) is 13.8 Å². The second kappa shape index (κ2) is 14.4. The van der Waals surface area contributed by atoms with Gasteiger partial charge in [-0.1, -0.05) is 44.7 Å². The maximum absolute atomic E-state index is 12.6. The van der Waals surface area contributed by atoms with Crippen molar-refractivity contribution in [2.24, 2.45) is 0 Å². The van der Waals surface area contributed by atoms with Crippen LogP contribution < -0.4 is 10.1 Å². The molecule has 0 aromatic heterocycles. The number of ether oxygens (including phenoxy) is 3. The van der Waals surface area contributed by atoms with Gasteiger partial charge in [0.1, 0.15) is 5.75 Å². The van der Waals surface area contributed by atoms with Gasteiger partial charge < -0.3 is 19.5 Å². The molecule has 0 aliphatic heterocycles. The molecule has 1 amide bonds. The predicted octanol–water partition coefficient (Wildman–Crippen LogP) is 3.97. The Morgan fingerprint density at radius 2 is 1.45 bits per heavy atom. The Hall–Kier alpha value is -2.57. The fourth-order valence-electron chi connectivity index (χ4n) is 3.24. The topological polar surface area (TPSA) is 90.9 Å². The molecule has 31 heavy (non-hydrogen) atoms. The minimum Gasteiger partial charge on any atom is -0.494 e. The van der Waals surface area contributed by atoms with Crippen molar-refractivity contribution in [1.29, 1.82) is 0 Å². The Bertz CT molecular complexity index is 668. The van der Waals surface area contributed by atoms with Crippen molar-refractivity contribution in [3.8, 4) is 5.75 Å². The number of aryl methyl sites for hydroxylation is 1. The molecule has 0 atom stereocenters. The van der Waals surface area contributed by atoms with Crippen molar-refractivity contribution in [1.82, 2.24) is 5.32 Å². The highest BCUT2D eigenvalue weighted by atomic mass is 16.6. The molecular weight excluding hydrogens is 398 g/mol. The summed E-state index contributed by atoms with van der Waals surface area (Å²) in [5, 5.41) is 2.48. The van der Waals surface area contributed by atoms with Crippen molar-refractivity contribution < 1.29 is 28.6 Å². The Balaban J connectivity index is 2.79. The zero-order chi connectivity index (χ0) is 23.1. The van der Waals surface area contributed by atoms with E-state index in [1.165, 1.54) is 32.6 Å². The van der Waals surface area contributed by atoms with Crippen LogP contribution in [-0.2, 0) is 30.3 Å². The molecule has 0 saturated carbocycles. The van der Waals surface area contributed by atoms with E-state index < -0.39 is 23.4 Å². The third kappa shape index (κ3) is 8.99. The summed E-state index contributed by atoms with van der Waals surface area (Å²) in [7, 11) is 0. The van der Waals surface area contributed by atoms with E-state index in [-0.39, 0.29) is 19.6 Å². The molecule has 1 aromatic rings. The van der Waals surface area contributed by atoms with Crippen LogP contribution in [0.5, 0.6) is 5.75 Å². The van der Waals surface area contributed by atoms with Gasteiger partial charge in [0.15, 0.2) is 0 Å². The van der Waals surface area contributed by atoms with Crippen molar-refractivity contribution in [2.75, 3.05) is 19.8 Å². The summed E-state index contributed by atoms with van der Waals surface area (Å²) < 4.78 is 16.0. The molecule has 7 nitrogen and oxygen atoms in total. The lowest BCUT2D eigenvalue weighted by molar-refractivity contribution is -0.168. The molecule has 0 unspecified atom stereocenters. The summed E-state index contributed by atoms with van der Waals surface area (Å²) in [5.74, 6) is -1.36. The molecule has 0 aliphatic carbocycles. The van der Waals surface area contributed by atoms with E-state index in [0.717, 1.165) is 17.7 Å². The van der Waals surface area contributed by atoms with Gasteiger partial charge in [0.05, 0.1) is 19.8 Å². The Labute approximate surface area is 185 Å². The van der Waals surface area contributed by atoms with Gasteiger partial charge in [-0.05, 0) is 50.8 Å². The first-order valence-electron chi connectivity index (χ1n) is 11.2. The third-order valence-electron chi connectivity index (χ3n) is 4.87. The van der Waals surface area contributed by atoms with Gasteiger partial charge in [-0.25, -0.2) is 9.59 Å². The summed E-state index contributed by atoms with van der Waals surface area (Å²) in [6.07, 6.45) is 6.30. The SMILES string of the molecule is CCCCCCCOc1ccc(CCC(NC(C)=O)(C(=O)OCC)C(=O)OCC)cc1. The van der Waals surface area contributed by atoms with Crippen LogP contribution in [0, 0.1) is 0 Å². The van der Waals surface area contributed by atoms with Crippen LogP contribution in [0.25, 0.3) is 0 Å². The smallest absolute Gasteiger partial charge is 0.343 e. The lowest BCUT2D eigenvalue weighted by Crippen LogP contribution is -2.61. The quantitative estimate of drug-likeness (QED) is 0.255. The zero-order valence-corrected chi connectivity index (χ0v) is 19.3. The minimum absolute atomic E-state index is 0.0296. The molecule has 0 spiro atoms. The number of amides is 1. The largest absolute Gasteiger partial charge is 0.494 e. The Morgan fingerprint density at radius 1 is 0.871 bits per heavy atom. The number of esters is 2. The first kappa shape index (κ1) is 26.5. The van der Waals surface area contributed by atoms with Gasteiger partial charge in [0.25, 0.3) is 0 Å². The number of hydrogen-bond donors (Lipinski definition) is 1. The molecular formula is C24H37NO6. The van der Waals surface area contributed by atoms with Gasteiger partial charge in [-0.2, -0.15) is 0 Å². The van der Waals surface area contributed by atoms with E-state index >= 15 is 0 Å². The lowest BCUT2D eigenvalue weighted by Gasteiger charge is -2.29. The van der Waals surface area contributed by atoms with Crippen molar-refractivity contribution >= 4 is 17.8 Å². The molecule has 0 fully saturated rings. The number of hydrogen-bond acceptors (Lipinski definition) is 6. The predicted molar refractivity (Wildman–Crippen MR) is 119 cm³/mol. The molecule has 0 heterocycles.